The SMILES string of the molecule is CC(=O)c1ccc(C2CCN(Cc3ccccc3)CC2)nc1F. The summed E-state index contributed by atoms with van der Waals surface area (Å²) in [6.45, 7) is 4.29. The predicted octanol–water partition coefficient (Wildman–Crippen LogP) is 3.80. The van der Waals surface area contributed by atoms with Crippen LogP contribution in [0, 0.1) is 5.95 Å². The highest BCUT2D eigenvalue weighted by Crippen LogP contribution is 2.28. The molecule has 0 atom stereocenters. The van der Waals surface area contributed by atoms with Crippen molar-refractivity contribution in [2.45, 2.75) is 32.2 Å². The molecule has 1 aliphatic heterocycles. The van der Waals surface area contributed by atoms with E-state index in [1.165, 1.54) is 12.5 Å². The van der Waals surface area contributed by atoms with Gasteiger partial charge in [-0.3, -0.25) is 9.69 Å². The summed E-state index contributed by atoms with van der Waals surface area (Å²) in [7, 11) is 0. The Morgan fingerprint density at radius 1 is 1.17 bits per heavy atom. The Hall–Kier alpha value is -2.07. The fourth-order valence-electron chi connectivity index (χ4n) is 3.17. The van der Waals surface area contributed by atoms with Crippen LogP contribution in [0.4, 0.5) is 4.39 Å². The summed E-state index contributed by atoms with van der Waals surface area (Å²) < 4.78 is 13.9. The first kappa shape index (κ1) is 15.8. The minimum Gasteiger partial charge on any atom is -0.299 e. The van der Waals surface area contributed by atoms with Gasteiger partial charge in [0.15, 0.2) is 5.78 Å². The Kier molecular flexibility index (Phi) is 4.82. The van der Waals surface area contributed by atoms with Gasteiger partial charge in [-0.2, -0.15) is 4.39 Å². The molecule has 1 fully saturated rings. The van der Waals surface area contributed by atoms with E-state index >= 15 is 0 Å². The molecule has 1 aliphatic rings. The number of likely N-dealkylation sites (tertiary alicyclic amines) is 1. The van der Waals surface area contributed by atoms with E-state index in [0.717, 1.165) is 38.2 Å². The van der Waals surface area contributed by atoms with Gasteiger partial charge in [-0.15, -0.1) is 0 Å². The van der Waals surface area contributed by atoms with Crippen LogP contribution in [0.1, 0.15) is 47.3 Å². The number of carbonyl (C=O) groups is 1. The molecule has 1 saturated heterocycles. The number of halogens is 1. The summed E-state index contributed by atoms with van der Waals surface area (Å²) in [5, 5.41) is 0. The van der Waals surface area contributed by atoms with E-state index in [4.69, 9.17) is 0 Å². The molecule has 2 aromatic rings. The quantitative estimate of drug-likeness (QED) is 0.636. The Balaban J connectivity index is 1.60. The topological polar surface area (TPSA) is 33.2 Å². The average molecular weight is 312 g/mol. The lowest BCUT2D eigenvalue weighted by Crippen LogP contribution is -2.32. The van der Waals surface area contributed by atoms with E-state index in [1.54, 1.807) is 12.1 Å². The first-order valence-corrected chi connectivity index (χ1v) is 8.07. The third kappa shape index (κ3) is 3.82. The van der Waals surface area contributed by atoms with Crippen LogP contribution in [0.5, 0.6) is 0 Å². The van der Waals surface area contributed by atoms with Crippen LogP contribution in [0.2, 0.25) is 0 Å². The minimum absolute atomic E-state index is 0.0789. The number of Topliss-reactive ketones (excluding diaryl/α,β-unsaturated/α-hetero) is 1. The van der Waals surface area contributed by atoms with Crippen molar-refractivity contribution in [1.29, 1.82) is 0 Å². The van der Waals surface area contributed by atoms with E-state index < -0.39 is 5.95 Å². The first-order chi connectivity index (χ1) is 11.1. The minimum atomic E-state index is -0.637. The van der Waals surface area contributed by atoms with Crippen LogP contribution < -0.4 is 0 Å². The van der Waals surface area contributed by atoms with Crippen molar-refractivity contribution < 1.29 is 9.18 Å². The number of nitrogens with zero attached hydrogens (tertiary/aromatic N) is 2. The average Bonchev–Trinajstić information content (AvgIpc) is 2.56. The Labute approximate surface area is 136 Å². The molecule has 0 aliphatic carbocycles. The monoisotopic (exact) mass is 312 g/mol. The maximum atomic E-state index is 13.9. The summed E-state index contributed by atoms with van der Waals surface area (Å²) in [5.41, 5.74) is 2.17. The molecule has 0 N–H and O–H groups in total. The van der Waals surface area contributed by atoms with Gasteiger partial charge < -0.3 is 0 Å². The van der Waals surface area contributed by atoms with Crippen LogP contribution in [0.25, 0.3) is 0 Å². The number of ketones is 1. The van der Waals surface area contributed by atoms with E-state index in [-0.39, 0.29) is 17.3 Å². The van der Waals surface area contributed by atoms with Crippen LogP contribution in [0.15, 0.2) is 42.5 Å². The molecule has 1 aromatic carbocycles. The highest BCUT2D eigenvalue weighted by atomic mass is 19.1. The molecule has 2 heterocycles. The molecular weight excluding hydrogens is 291 g/mol. The lowest BCUT2D eigenvalue weighted by atomic mass is 9.92. The molecule has 0 bridgehead atoms. The molecule has 23 heavy (non-hydrogen) atoms. The molecule has 0 unspecified atom stereocenters. The molecule has 0 amide bonds. The molecule has 1 aromatic heterocycles. The van der Waals surface area contributed by atoms with Gasteiger partial charge in [0, 0.05) is 18.2 Å². The maximum Gasteiger partial charge on any atom is 0.223 e. The number of hydrogen-bond acceptors (Lipinski definition) is 3. The lowest BCUT2D eigenvalue weighted by Gasteiger charge is -2.31. The zero-order chi connectivity index (χ0) is 16.2. The van der Waals surface area contributed by atoms with Crippen molar-refractivity contribution in [2.75, 3.05) is 13.1 Å². The lowest BCUT2D eigenvalue weighted by molar-refractivity contribution is 0.101. The molecule has 3 nitrogen and oxygen atoms in total. The highest BCUT2D eigenvalue weighted by Gasteiger charge is 2.22. The Bertz CT molecular complexity index is 679. The number of benzene rings is 1. The predicted molar refractivity (Wildman–Crippen MR) is 87.9 cm³/mol. The van der Waals surface area contributed by atoms with Crippen LogP contribution in [0.3, 0.4) is 0 Å². The van der Waals surface area contributed by atoms with Gasteiger partial charge in [0.1, 0.15) is 0 Å². The molecular formula is C19H21FN2O. The zero-order valence-electron chi connectivity index (χ0n) is 13.3. The molecule has 0 radical (unpaired) electrons. The summed E-state index contributed by atoms with van der Waals surface area (Å²) >= 11 is 0. The maximum absolute atomic E-state index is 13.9. The normalized spacial score (nSPS) is 16.4. The second kappa shape index (κ2) is 7.01. The van der Waals surface area contributed by atoms with E-state index in [0.29, 0.717) is 0 Å². The second-order valence-corrected chi connectivity index (χ2v) is 6.17. The van der Waals surface area contributed by atoms with Gasteiger partial charge in [-0.1, -0.05) is 30.3 Å². The van der Waals surface area contributed by atoms with Gasteiger partial charge in [-0.25, -0.2) is 4.98 Å². The zero-order valence-corrected chi connectivity index (χ0v) is 13.3. The summed E-state index contributed by atoms with van der Waals surface area (Å²) in [5.74, 6) is -0.640. The van der Waals surface area contributed by atoms with Gasteiger partial charge in [0.2, 0.25) is 5.95 Å². The number of rotatable bonds is 4. The molecule has 4 heteroatoms. The Morgan fingerprint density at radius 2 is 1.87 bits per heavy atom. The number of aromatic nitrogens is 1. The summed E-state index contributed by atoms with van der Waals surface area (Å²) in [6.07, 6.45) is 1.94. The second-order valence-electron chi connectivity index (χ2n) is 6.17. The molecule has 0 saturated carbocycles. The van der Waals surface area contributed by atoms with Crippen molar-refractivity contribution >= 4 is 5.78 Å². The van der Waals surface area contributed by atoms with Crippen LogP contribution in [-0.2, 0) is 6.54 Å². The number of hydrogen-bond donors (Lipinski definition) is 0. The first-order valence-electron chi connectivity index (χ1n) is 8.07. The van der Waals surface area contributed by atoms with Crippen molar-refractivity contribution in [1.82, 2.24) is 9.88 Å². The van der Waals surface area contributed by atoms with Crippen molar-refractivity contribution in [2.24, 2.45) is 0 Å². The standard InChI is InChI=1S/C19H21FN2O/c1-14(23)17-7-8-18(21-19(17)20)16-9-11-22(12-10-16)13-15-5-3-2-4-6-15/h2-8,16H,9-13H2,1H3. The van der Waals surface area contributed by atoms with Crippen molar-refractivity contribution in [3.8, 4) is 0 Å². The van der Waals surface area contributed by atoms with Crippen LogP contribution >= 0.6 is 0 Å². The molecule has 0 spiro atoms. The third-order valence-corrected chi connectivity index (χ3v) is 4.50. The smallest absolute Gasteiger partial charge is 0.223 e. The fourth-order valence-corrected chi connectivity index (χ4v) is 3.17. The number of piperidine rings is 1. The largest absolute Gasteiger partial charge is 0.299 e. The molecule has 120 valence electrons. The van der Waals surface area contributed by atoms with Crippen LogP contribution in [-0.4, -0.2) is 28.8 Å². The van der Waals surface area contributed by atoms with E-state index in [2.05, 4.69) is 34.1 Å². The van der Waals surface area contributed by atoms with Crippen molar-refractivity contribution in [3.05, 3.63) is 65.2 Å². The number of carbonyl (C=O) groups excluding carboxylic acids is 1. The Morgan fingerprint density at radius 3 is 2.48 bits per heavy atom. The van der Waals surface area contributed by atoms with Gasteiger partial charge >= 0.3 is 0 Å². The third-order valence-electron chi connectivity index (χ3n) is 4.50. The van der Waals surface area contributed by atoms with Gasteiger partial charge in [0.25, 0.3) is 0 Å². The van der Waals surface area contributed by atoms with Crippen molar-refractivity contribution in [3.63, 3.8) is 0 Å². The van der Waals surface area contributed by atoms with E-state index in [1.807, 2.05) is 6.07 Å². The molecule has 3 rings (SSSR count). The van der Waals surface area contributed by atoms with Gasteiger partial charge in [-0.05, 0) is 50.6 Å². The van der Waals surface area contributed by atoms with E-state index in [9.17, 15) is 9.18 Å². The summed E-state index contributed by atoms with van der Waals surface area (Å²) in [6, 6.07) is 13.8. The summed E-state index contributed by atoms with van der Waals surface area (Å²) in [4.78, 5) is 17.7. The fraction of sp³-hybridized carbons (Fsp3) is 0.368. The highest BCUT2D eigenvalue weighted by molar-refractivity contribution is 5.93. The van der Waals surface area contributed by atoms with Gasteiger partial charge in [0.05, 0.1) is 5.56 Å². The number of pyridine rings is 1.